The van der Waals surface area contributed by atoms with Crippen molar-refractivity contribution in [1.82, 2.24) is 20.4 Å². The number of rotatable bonds is 7. The molecule has 0 spiro atoms. The molecule has 2 rings (SSSR count). The number of methoxy groups -OCH3 is 1. The lowest BCUT2D eigenvalue weighted by Crippen LogP contribution is -2.37. The van der Waals surface area contributed by atoms with E-state index in [1.165, 1.54) is 16.8 Å². The van der Waals surface area contributed by atoms with Crippen molar-refractivity contribution in [2.75, 3.05) is 20.7 Å². The molecule has 1 aromatic carbocycles. The summed E-state index contributed by atoms with van der Waals surface area (Å²) in [5.41, 5.74) is 4.74. The molecule has 0 unspecified atom stereocenters. The number of halogens is 1. The van der Waals surface area contributed by atoms with E-state index in [2.05, 4.69) is 39.8 Å². The average Bonchev–Trinajstić information content (AvgIpc) is 2.87. The van der Waals surface area contributed by atoms with E-state index in [9.17, 15) is 0 Å². The van der Waals surface area contributed by atoms with Crippen LogP contribution < -0.4 is 15.4 Å². The van der Waals surface area contributed by atoms with Crippen molar-refractivity contribution in [3.63, 3.8) is 0 Å². The largest absolute Gasteiger partial charge is 0.497 e. The van der Waals surface area contributed by atoms with Gasteiger partial charge in [0.15, 0.2) is 5.96 Å². The molecule has 0 aliphatic heterocycles. The number of aryl methyl sites for hydroxylation is 3. The van der Waals surface area contributed by atoms with E-state index < -0.39 is 0 Å². The molecule has 26 heavy (non-hydrogen) atoms. The van der Waals surface area contributed by atoms with Gasteiger partial charge in [-0.2, -0.15) is 5.10 Å². The van der Waals surface area contributed by atoms with Crippen LogP contribution in [0, 0.1) is 13.8 Å². The van der Waals surface area contributed by atoms with Crippen molar-refractivity contribution in [3.8, 4) is 5.75 Å². The second kappa shape index (κ2) is 11.1. The summed E-state index contributed by atoms with van der Waals surface area (Å²) < 4.78 is 7.17. The van der Waals surface area contributed by atoms with Crippen LogP contribution in [0.15, 0.2) is 29.3 Å². The molecule has 1 aromatic heterocycles. The summed E-state index contributed by atoms with van der Waals surface area (Å²) in [6.07, 6.45) is 2.03. The lowest BCUT2D eigenvalue weighted by molar-refractivity contribution is 0.414. The highest BCUT2D eigenvalue weighted by Gasteiger charge is 2.09. The summed E-state index contributed by atoms with van der Waals surface area (Å²) in [7, 11) is 5.46. The van der Waals surface area contributed by atoms with Gasteiger partial charge in [-0.3, -0.25) is 9.67 Å². The van der Waals surface area contributed by atoms with Gasteiger partial charge in [-0.25, -0.2) is 0 Å². The van der Waals surface area contributed by atoms with Crippen LogP contribution >= 0.6 is 24.0 Å². The van der Waals surface area contributed by atoms with Crippen LogP contribution in [0.1, 0.15) is 28.9 Å². The summed E-state index contributed by atoms with van der Waals surface area (Å²) >= 11 is 0. The van der Waals surface area contributed by atoms with E-state index in [1.807, 2.05) is 30.8 Å². The van der Waals surface area contributed by atoms with Crippen molar-refractivity contribution in [2.45, 2.75) is 33.2 Å². The molecule has 7 heteroatoms. The normalized spacial score (nSPS) is 11.0. The van der Waals surface area contributed by atoms with Gasteiger partial charge >= 0.3 is 0 Å². The van der Waals surface area contributed by atoms with Crippen LogP contribution in [0.2, 0.25) is 0 Å². The van der Waals surface area contributed by atoms with Crippen LogP contribution in [-0.4, -0.2) is 36.4 Å². The summed E-state index contributed by atoms with van der Waals surface area (Å²) in [6.45, 7) is 5.71. The lowest BCUT2D eigenvalue weighted by atomic mass is 10.1. The molecule has 0 fully saturated rings. The summed E-state index contributed by atoms with van der Waals surface area (Å²) in [6, 6.07) is 8.21. The number of hydrogen-bond acceptors (Lipinski definition) is 3. The van der Waals surface area contributed by atoms with Crippen molar-refractivity contribution in [2.24, 2.45) is 12.0 Å². The molecule has 2 N–H and O–H groups in total. The first-order chi connectivity index (χ1) is 12.0. The monoisotopic (exact) mass is 471 g/mol. The predicted molar refractivity (Wildman–Crippen MR) is 118 cm³/mol. The van der Waals surface area contributed by atoms with Gasteiger partial charge in [0, 0.05) is 38.4 Å². The maximum Gasteiger partial charge on any atom is 0.191 e. The summed E-state index contributed by atoms with van der Waals surface area (Å²) in [5, 5.41) is 11.2. The molecule has 0 saturated heterocycles. The van der Waals surface area contributed by atoms with Gasteiger partial charge < -0.3 is 15.4 Å². The third-order valence-corrected chi connectivity index (χ3v) is 4.38. The molecule has 0 radical (unpaired) electrons. The number of aromatic nitrogens is 2. The molecule has 0 atom stereocenters. The number of hydrogen-bond donors (Lipinski definition) is 2. The van der Waals surface area contributed by atoms with Crippen LogP contribution in [0.25, 0.3) is 0 Å². The Kier molecular flexibility index (Phi) is 9.47. The Morgan fingerprint density at radius 1 is 1.27 bits per heavy atom. The summed E-state index contributed by atoms with van der Waals surface area (Å²) in [4.78, 5) is 4.29. The molecule has 1 heterocycles. The smallest absolute Gasteiger partial charge is 0.191 e. The molecule has 0 amide bonds. The molecule has 0 aliphatic rings. The first-order valence-corrected chi connectivity index (χ1v) is 8.61. The SMILES string of the molecule is CN=C(NCCCc1cccc(OC)c1)NCc1c(C)nn(C)c1C.I. The van der Waals surface area contributed by atoms with Crippen molar-refractivity contribution in [3.05, 3.63) is 46.8 Å². The Labute approximate surface area is 173 Å². The van der Waals surface area contributed by atoms with Gasteiger partial charge in [0.1, 0.15) is 5.75 Å². The van der Waals surface area contributed by atoms with Crippen molar-refractivity contribution >= 4 is 29.9 Å². The van der Waals surface area contributed by atoms with E-state index in [0.29, 0.717) is 0 Å². The van der Waals surface area contributed by atoms with Crippen LogP contribution in [0.5, 0.6) is 5.75 Å². The lowest BCUT2D eigenvalue weighted by Gasteiger charge is -2.12. The number of aliphatic imine (C=N–C) groups is 1. The van der Waals surface area contributed by atoms with Gasteiger partial charge in [-0.15, -0.1) is 24.0 Å². The van der Waals surface area contributed by atoms with Gasteiger partial charge in [0.2, 0.25) is 0 Å². The number of guanidine groups is 1. The fourth-order valence-electron chi connectivity index (χ4n) is 2.79. The van der Waals surface area contributed by atoms with Gasteiger partial charge in [-0.05, 0) is 44.4 Å². The first-order valence-electron chi connectivity index (χ1n) is 8.61. The van der Waals surface area contributed by atoms with E-state index in [4.69, 9.17) is 4.74 Å². The Hall–Kier alpha value is -1.77. The van der Waals surface area contributed by atoms with E-state index in [-0.39, 0.29) is 24.0 Å². The molecule has 0 bridgehead atoms. The highest BCUT2D eigenvalue weighted by molar-refractivity contribution is 14.0. The highest BCUT2D eigenvalue weighted by atomic mass is 127. The number of ether oxygens (including phenoxy) is 1. The standard InChI is InChI=1S/C19H29N5O.HI/c1-14-18(15(2)24(4)23-14)13-22-19(20-3)21-11-7-9-16-8-6-10-17(12-16)25-5;/h6,8,10,12H,7,9,11,13H2,1-5H3,(H2,20,21,22);1H. The van der Waals surface area contributed by atoms with Gasteiger partial charge in [-0.1, -0.05) is 12.1 Å². The second-order valence-electron chi connectivity index (χ2n) is 6.08. The quantitative estimate of drug-likeness (QED) is 0.282. The molecular weight excluding hydrogens is 441 g/mol. The number of benzene rings is 1. The molecule has 0 saturated carbocycles. The summed E-state index contributed by atoms with van der Waals surface area (Å²) in [5.74, 6) is 1.72. The fraction of sp³-hybridized carbons (Fsp3) is 0.474. The van der Waals surface area contributed by atoms with E-state index in [1.54, 1.807) is 14.2 Å². The highest BCUT2D eigenvalue weighted by Crippen LogP contribution is 2.13. The minimum absolute atomic E-state index is 0. The van der Waals surface area contributed by atoms with Crippen molar-refractivity contribution < 1.29 is 4.74 Å². The van der Waals surface area contributed by atoms with Crippen LogP contribution in [0.4, 0.5) is 0 Å². The predicted octanol–water partition coefficient (Wildman–Crippen LogP) is 2.96. The maximum absolute atomic E-state index is 5.26. The Morgan fingerprint density at radius 2 is 2.04 bits per heavy atom. The Balaban J connectivity index is 0.00000338. The molecular formula is C19H30IN5O. The van der Waals surface area contributed by atoms with Gasteiger partial charge in [0.05, 0.1) is 12.8 Å². The van der Waals surface area contributed by atoms with Gasteiger partial charge in [0.25, 0.3) is 0 Å². The number of nitrogens with one attached hydrogen (secondary N) is 2. The molecule has 0 aliphatic carbocycles. The van der Waals surface area contributed by atoms with Crippen LogP contribution in [0.3, 0.4) is 0 Å². The third kappa shape index (κ3) is 6.19. The average molecular weight is 471 g/mol. The second-order valence-corrected chi connectivity index (χ2v) is 6.08. The van der Waals surface area contributed by atoms with Crippen LogP contribution in [-0.2, 0) is 20.0 Å². The Bertz CT molecular complexity index is 727. The number of nitrogens with zero attached hydrogens (tertiary/aromatic N) is 3. The zero-order chi connectivity index (χ0) is 18.2. The Morgan fingerprint density at radius 3 is 2.65 bits per heavy atom. The minimum Gasteiger partial charge on any atom is -0.497 e. The zero-order valence-electron chi connectivity index (χ0n) is 16.3. The fourth-order valence-corrected chi connectivity index (χ4v) is 2.79. The molecule has 6 nitrogen and oxygen atoms in total. The molecule has 2 aromatic rings. The van der Waals surface area contributed by atoms with E-state index in [0.717, 1.165) is 43.3 Å². The zero-order valence-corrected chi connectivity index (χ0v) is 18.6. The third-order valence-electron chi connectivity index (χ3n) is 4.38. The molecule has 144 valence electrons. The maximum atomic E-state index is 5.26. The topological polar surface area (TPSA) is 63.5 Å². The van der Waals surface area contributed by atoms with E-state index >= 15 is 0 Å². The first kappa shape index (κ1) is 22.3. The minimum atomic E-state index is 0. The van der Waals surface area contributed by atoms with Crippen molar-refractivity contribution in [1.29, 1.82) is 0 Å².